The summed E-state index contributed by atoms with van der Waals surface area (Å²) in [5.74, 6) is 1.81. The van der Waals surface area contributed by atoms with Crippen LogP contribution in [0, 0.1) is 23.7 Å². The van der Waals surface area contributed by atoms with Crippen LogP contribution in [0.2, 0.25) is 0 Å². The summed E-state index contributed by atoms with van der Waals surface area (Å²) in [5.41, 5.74) is 1.45. The highest BCUT2D eigenvalue weighted by Gasteiger charge is 2.45. The highest BCUT2D eigenvalue weighted by molar-refractivity contribution is 5.75. The summed E-state index contributed by atoms with van der Waals surface area (Å²) in [5, 5.41) is 20.9. The second-order valence-electron chi connectivity index (χ2n) is 8.82. The average molecular weight is 362 g/mol. The predicted octanol–water partition coefficient (Wildman–Crippen LogP) is 3.30. The molecule has 0 spiro atoms. The van der Waals surface area contributed by atoms with Crippen molar-refractivity contribution in [1.82, 2.24) is 4.90 Å². The first kappa shape index (κ1) is 19.6. The summed E-state index contributed by atoms with van der Waals surface area (Å²) in [6.07, 6.45) is 14.8. The second kappa shape index (κ2) is 8.71. The lowest BCUT2D eigenvalue weighted by molar-refractivity contribution is -0.128. The third-order valence-electron chi connectivity index (χ3n) is 6.81. The molecule has 3 rings (SSSR count). The molecule has 26 heavy (non-hydrogen) atoms. The molecule has 0 aromatic carbocycles. The van der Waals surface area contributed by atoms with Crippen molar-refractivity contribution in [2.24, 2.45) is 23.7 Å². The molecular weight excluding hydrogens is 326 g/mol. The molecule has 0 unspecified atom stereocenters. The number of rotatable bonds is 6. The molecular formula is C22H35NO3. The first-order valence-electron chi connectivity index (χ1n) is 10.4. The van der Waals surface area contributed by atoms with Crippen LogP contribution in [0.1, 0.15) is 57.8 Å². The van der Waals surface area contributed by atoms with Gasteiger partial charge in [-0.1, -0.05) is 36.6 Å². The molecule has 3 aliphatic rings. The van der Waals surface area contributed by atoms with E-state index in [4.69, 9.17) is 0 Å². The van der Waals surface area contributed by atoms with Crippen LogP contribution < -0.4 is 0 Å². The molecule has 4 nitrogen and oxygen atoms in total. The van der Waals surface area contributed by atoms with Crippen LogP contribution in [0.25, 0.3) is 0 Å². The molecule has 0 saturated heterocycles. The second-order valence-corrected chi connectivity index (χ2v) is 8.82. The molecule has 0 aromatic rings. The fraction of sp³-hybridized carbons (Fsp3) is 0.773. The maximum absolute atomic E-state index is 11.7. The number of fused-ring (bicyclic) bond motifs is 1. The van der Waals surface area contributed by atoms with Gasteiger partial charge < -0.3 is 15.1 Å². The standard InChI is InChI=1S/C22H35NO3/c1-23(2)22(26)9-5-6-15-12-17-14-21(25)18(19(17)13-15)10-11-20(24)16-7-3-4-8-16/h6,10-11,16-21,24-25H,3-5,7-9,12-14H2,1-2H3/b11-10+,15-6+/t17-,18+,19-,20+,21+/m0/s1. The fourth-order valence-electron chi connectivity index (χ4n) is 5.26. The number of allylic oxidation sites excluding steroid dienone is 2. The maximum atomic E-state index is 11.7. The lowest BCUT2D eigenvalue weighted by atomic mass is 9.89. The van der Waals surface area contributed by atoms with Crippen molar-refractivity contribution in [3.05, 3.63) is 23.8 Å². The van der Waals surface area contributed by atoms with E-state index in [9.17, 15) is 15.0 Å². The van der Waals surface area contributed by atoms with Crippen LogP contribution in [0.15, 0.2) is 23.8 Å². The van der Waals surface area contributed by atoms with Crippen molar-refractivity contribution in [2.45, 2.75) is 70.0 Å². The number of aliphatic hydroxyl groups is 2. The van der Waals surface area contributed by atoms with Crippen LogP contribution in [0.3, 0.4) is 0 Å². The van der Waals surface area contributed by atoms with E-state index in [1.807, 2.05) is 6.08 Å². The van der Waals surface area contributed by atoms with Crippen molar-refractivity contribution >= 4 is 5.91 Å². The number of hydrogen-bond donors (Lipinski definition) is 2. The maximum Gasteiger partial charge on any atom is 0.222 e. The molecule has 0 aromatic heterocycles. The molecule has 0 radical (unpaired) electrons. The minimum atomic E-state index is -0.350. The fourth-order valence-corrected chi connectivity index (χ4v) is 5.26. The van der Waals surface area contributed by atoms with Gasteiger partial charge >= 0.3 is 0 Å². The first-order chi connectivity index (χ1) is 12.5. The van der Waals surface area contributed by atoms with Gasteiger partial charge in [0.1, 0.15) is 0 Å². The summed E-state index contributed by atoms with van der Waals surface area (Å²) in [6.45, 7) is 0. The van der Waals surface area contributed by atoms with Crippen molar-refractivity contribution in [3.8, 4) is 0 Å². The Morgan fingerprint density at radius 2 is 2.00 bits per heavy atom. The third-order valence-corrected chi connectivity index (χ3v) is 6.81. The van der Waals surface area contributed by atoms with E-state index in [0.29, 0.717) is 24.2 Å². The van der Waals surface area contributed by atoms with Crippen molar-refractivity contribution < 1.29 is 15.0 Å². The van der Waals surface area contributed by atoms with Crippen LogP contribution in [-0.4, -0.2) is 47.3 Å². The van der Waals surface area contributed by atoms with Gasteiger partial charge in [0.2, 0.25) is 5.91 Å². The minimum Gasteiger partial charge on any atom is -0.392 e. The van der Waals surface area contributed by atoms with Crippen LogP contribution in [-0.2, 0) is 4.79 Å². The van der Waals surface area contributed by atoms with E-state index in [-0.39, 0.29) is 24.0 Å². The highest BCUT2D eigenvalue weighted by atomic mass is 16.3. The zero-order chi connectivity index (χ0) is 18.7. The molecule has 4 heteroatoms. The highest BCUT2D eigenvalue weighted by Crippen LogP contribution is 2.50. The Hall–Kier alpha value is -1.13. The number of aliphatic hydroxyl groups excluding tert-OH is 2. The van der Waals surface area contributed by atoms with Gasteiger partial charge in [0.25, 0.3) is 0 Å². The van der Waals surface area contributed by atoms with Gasteiger partial charge in [-0.2, -0.15) is 0 Å². The average Bonchev–Trinajstić information content (AvgIpc) is 3.29. The van der Waals surface area contributed by atoms with Crippen molar-refractivity contribution in [2.75, 3.05) is 14.1 Å². The molecule has 0 bridgehead atoms. The number of hydrogen-bond acceptors (Lipinski definition) is 3. The number of carbonyl (C=O) groups is 1. The normalized spacial score (nSPS) is 34.7. The monoisotopic (exact) mass is 361 g/mol. The van der Waals surface area contributed by atoms with E-state index in [2.05, 4.69) is 12.2 Å². The Labute approximate surface area is 158 Å². The summed E-state index contributed by atoms with van der Waals surface area (Å²) in [4.78, 5) is 13.3. The summed E-state index contributed by atoms with van der Waals surface area (Å²) in [6, 6.07) is 0. The Kier molecular flexibility index (Phi) is 6.57. The lowest BCUT2D eigenvalue weighted by Crippen LogP contribution is -2.20. The number of amides is 1. The van der Waals surface area contributed by atoms with Crippen molar-refractivity contribution in [3.63, 3.8) is 0 Å². The Balaban J connectivity index is 1.54. The van der Waals surface area contributed by atoms with Crippen LogP contribution in [0.5, 0.6) is 0 Å². The van der Waals surface area contributed by atoms with Gasteiger partial charge in [0, 0.05) is 26.4 Å². The SMILES string of the molecule is CN(C)C(=O)CC/C=C1\C[C@H]2C[C@@H](O)[C@H](/C=C/[C@@H](O)C3CCCC3)[C@H]2C1. The van der Waals surface area contributed by atoms with Crippen LogP contribution >= 0.6 is 0 Å². The first-order valence-corrected chi connectivity index (χ1v) is 10.4. The van der Waals surface area contributed by atoms with Gasteiger partial charge in [0.05, 0.1) is 12.2 Å². The van der Waals surface area contributed by atoms with Gasteiger partial charge in [-0.05, 0) is 56.3 Å². The van der Waals surface area contributed by atoms with E-state index in [1.165, 1.54) is 18.4 Å². The molecule has 3 saturated carbocycles. The third kappa shape index (κ3) is 4.58. The zero-order valence-corrected chi connectivity index (χ0v) is 16.3. The lowest BCUT2D eigenvalue weighted by Gasteiger charge is -2.19. The molecule has 1 amide bonds. The Bertz CT molecular complexity index is 548. The van der Waals surface area contributed by atoms with Gasteiger partial charge in [-0.25, -0.2) is 0 Å². The molecule has 0 heterocycles. The summed E-state index contributed by atoms with van der Waals surface area (Å²) >= 11 is 0. The smallest absolute Gasteiger partial charge is 0.222 e. The molecule has 3 aliphatic carbocycles. The van der Waals surface area contributed by atoms with E-state index in [1.54, 1.807) is 19.0 Å². The number of carbonyl (C=O) groups excluding carboxylic acids is 1. The van der Waals surface area contributed by atoms with Crippen molar-refractivity contribution in [1.29, 1.82) is 0 Å². The predicted molar refractivity (Wildman–Crippen MR) is 103 cm³/mol. The largest absolute Gasteiger partial charge is 0.392 e. The molecule has 5 atom stereocenters. The minimum absolute atomic E-state index is 0.172. The molecule has 146 valence electrons. The van der Waals surface area contributed by atoms with E-state index in [0.717, 1.165) is 38.5 Å². The molecule has 3 fully saturated rings. The van der Waals surface area contributed by atoms with Crippen LogP contribution in [0.4, 0.5) is 0 Å². The topological polar surface area (TPSA) is 60.8 Å². The van der Waals surface area contributed by atoms with Gasteiger partial charge in [-0.3, -0.25) is 4.79 Å². The van der Waals surface area contributed by atoms with Gasteiger partial charge in [0.15, 0.2) is 0 Å². The summed E-state index contributed by atoms with van der Waals surface area (Å²) < 4.78 is 0. The Morgan fingerprint density at radius 1 is 1.27 bits per heavy atom. The van der Waals surface area contributed by atoms with E-state index < -0.39 is 0 Å². The van der Waals surface area contributed by atoms with Gasteiger partial charge in [-0.15, -0.1) is 0 Å². The molecule has 2 N–H and O–H groups in total. The number of nitrogens with zero attached hydrogens (tertiary/aromatic N) is 1. The summed E-state index contributed by atoms with van der Waals surface area (Å²) in [7, 11) is 3.60. The van der Waals surface area contributed by atoms with E-state index >= 15 is 0 Å². The Morgan fingerprint density at radius 3 is 2.69 bits per heavy atom. The quantitative estimate of drug-likeness (QED) is 0.714. The molecule has 0 aliphatic heterocycles. The zero-order valence-electron chi connectivity index (χ0n) is 16.3.